The van der Waals surface area contributed by atoms with Crippen molar-refractivity contribution in [1.82, 2.24) is 19.7 Å². The van der Waals surface area contributed by atoms with Crippen molar-refractivity contribution in [2.45, 2.75) is 25.9 Å². The highest BCUT2D eigenvalue weighted by Gasteiger charge is 2.23. The lowest BCUT2D eigenvalue weighted by atomic mass is 10.1. The topological polar surface area (TPSA) is 56.8 Å². The van der Waals surface area contributed by atoms with E-state index in [1.165, 1.54) is 0 Å². The first kappa shape index (κ1) is 21.8. The molecule has 0 bridgehead atoms. The Bertz CT molecular complexity index is 1100. The highest BCUT2D eigenvalue weighted by molar-refractivity contribution is 7.13. The maximum Gasteiger partial charge on any atom is 0.253 e. The summed E-state index contributed by atoms with van der Waals surface area (Å²) in [7, 11) is 0. The minimum Gasteiger partial charge on any atom is -0.338 e. The number of benzene rings is 2. The first-order valence-electron chi connectivity index (χ1n) is 11.5. The lowest BCUT2D eigenvalue weighted by molar-refractivity contribution is -0.128. The molecule has 170 valence electrons. The van der Waals surface area contributed by atoms with Crippen molar-refractivity contribution in [3.05, 3.63) is 76.8 Å². The predicted molar refractivity (Wildman–Crippen MR) is 130 cm³/mol. The van der Waals surface area contributed by atoms with E-state index >= 15 is 0 Å². The molecule has 3 heterocycles. The van der Waals surface area contributed by atoms with E-state index in [9.17, 15) is 9.59 Å². The summed E-state index contributed by atoms with van der Waals surface area (Å²) in [5, 5.41) is 3.19. The number of hydrogen-bond donors (Lipinski definition) is 0. The fourth-order valence-corrected chi connectivity index (χ4v) is 5.28. The van der Waals surface area contributed by atoms with Gasteiger partial charge in [-0.2, -0.15) is 0 Å². The van der Waals surface area contributed by atoms with Gasteiger partial charge in [0.15, 0.2) is 0 Å². The van der Waals surface area contributed by atoms with E-state index in [2.05, 4.69) is 22.4 Å². The molecule has 2 fully saturated rings. The number of thiazole rings is 1. The molecule has 0 spiro atoms. The maximum atomic E-state index is 13.0. The first-order valence-corrected chi connectivity index (χ1v) is 12.4. The molecule has 33 heavy (non-hydrogen) atoms. The SMILES string of the molecule is O=C1CCCN1Cc1ccc(C(=O)N2CCN(Cc3csc(-c4ccccc4)n3)CC2)cc1. The Kier molecular flexibility index (Phi) is 6.51. The summed E-state index contributed by atoms with van der Waals surface area (Å²) < 4.78 is 0. The smallest absolute Gasteiger partial charge is 0.253 e. The highest BCUT2D eigenvalue weighted by atomic mass is 32.1. The molecular weight excluding hydrogens is 432 g/mol. The van der Waals surface area contributed by atoms with Gasteiger partial charge in [-0.25, -0.2) is 4.98 Å². The van der Waals surface area contributed by atoms with Gasteiger partial charge in [0.2, 0.25) is 5.91 Å². The van der Waals surface area contributed by atoms with Gasteiger partial charge in [-0.1, -0.05) is 42.5 Å². The molecular formula is C26H28N4O2S. The molecule has 0 radical (unpaired) electrons. The number of aromatic nitrogens is 1. The molecule has 2 saturated heterocycles. The quantitative estimate of drug-likeness (QED) is 0.560. The van der Waals surface area contributed by atoms with Gasteiger partial charge in [-0.15, -0.1) is 11.3 Å². The van der Waals surface area contributed by atoms with Crippen LogP contribution >= 0.6 is 11.3 Å². The van der Waals surface area contributed by atoms with Gasteiger partial charge < -0.3 is 9.80 Å². The van der Waals surface area contributed by atoms with Crippen LogP contribution in [-0.2, 0) is 17.9 Å². The van der Waals surface area contributed by atoms with Crippen LogP contribution in [0.15, 0.2) is 60.0 Å². The van der Waals surface area contributed by atoms with Gasteiger partial charge >= 0.3 is 0 Å². The summed E-state index contributed by atoms with van der Waals surface area (Å²) in [5.74, 6) is 0.306. The Hall–Kier alpha value is -3.03. The second-order valence-electron chi connectivity index (χ2n) is 8.69. The number of rotatable bonds is 6. The zero-order chi connectivity index (χ0) is 22.6. The zero-order valence-corrected chi connectivity index (χ0v) is 19.5. The number of likely N-dealkylation sites (tertiary alicyclic amines) is 1. The molecule has 1 aromatic heterocycles. The standard InChI is InChI=1S/C26H28N4O2S/c31-24-7-4-12-30(24)17-20-8-10-22(11-9-20)26(32)29-15-13-28(14-16-29)18-23-19-33-25(27-23)21-5-2-1-3-6-21/h1-3,5-6,8-11,19H,4,7,12-18H2. The summed E-state index contributed by atoms with van der Waals surface area (Å²) in [5.41, 5.74) is 4.03. The second kappa shape index (κ2) is 9.85. The lowest BCUT2D eigenvalue weighted by Gasteiger charge is -2.34. The van der Waals surface area contributed by atoms with Crippen LogP contribution < -0.4 is 0 Å². The molecule has 0 unspecified atom stereocenters. The molecule has 0 N–H and O–H groups in total. The van der Waals surface area contributed by atoms with E-state index in [4.69, 9.17) is 4.98 Å². The molecule has 7 heteroatoms. The molecule has 3 aromatic rings. The van der Waals surface area contributed by atoms with Gasteiger partial charge in [0, 0.05) is 68.7 Å². The Morgan fingerprint density at radius 3 is 2.36 bits per heavy atom. The Morgan fingerprint density at radius 2 is 1.67 bits per heavy atom. The van der Waals surface area contributed by atoms with E-state index in [-0.39, 0.29) is 11.8 Å². The molecule has 5 rings (SSSR count). The average Bonchev–Trinajstić information content (AvgIpc) is 3.49. The third kappa shape index (κ3) is 5.15. The van der Waals surface area contributed by atoms with Crippen molar-refractivity contribution in [1.29, 1.82) is 0 Å². The van der Waals surface area contributed by atoms with E-state index in [0.29, 0.717) is 18.5 Å². The summed E-state index contributed by atoms with van der Waals surface area (Å²) >= 11 is 1.68. The highest BCUT2D eigenvalue weighted by Crippen LogP contribution is 2.24. The fraction of sp³-hybridized carbons (Fsp3) is 0.346. The summed E-state index contributed by atoms with van der Waals surface area (Å²) in [6.07, 6.45) is 1.59. The largest absolute Gasteiger partial charge is 0.338 e. The van der Waals surface area contributed by atoms with Crippen LogP contribution in [0.4, 0.5) is 0 Å². The first-order chi connectivity index (χ1) is 16.2. The van der Waals surface area contributed by atoms with Gasteiger partial charge in [-0.3, -0.25) is 14.5 Å². The minimum atomic E-state index is 0.0819. The zero-order valence-electron chi connectivity index (χ0n) is 18.7. The number of piperazine rings is 1. The van der Waals surface area contributed by atoms with Crippen molar-refractivity contribution in [2.24, 2.45) is 0 Å². The van der Waals surface area contributed by atoms with Crippen molar-refractivity contribution in [2.75, 3.05) is 32.7 Å². The summed E-state index contributed by atoms with van der Waals surface area (Å²) in [6, 6.07) is 18.0. The van der Waals surface area contributed by atoms with Gasteiger partial charge in [0.1, 0.15) is 5.01 Å². The number of hydrogen-bond acceptors (Lipinski definition) is 5. The molecule has 6 nitrogen and oxygen atoms in total. The fourth-order valence-electron chi connectivity index (χ4n) is 4.46. The number of carbonyl (C=O) groups is 2. The number of amides is 2. The molecule has 2 aromatic carbocycles. The molecule has 2 amide bonds. The molecule has 0 saturated carbocycles. The van der Waals surface area contributed by atoms with Crippen molar-refractivity contribution >= 4 is 23.2 Å². The normalized spacial score (nSPS) is 17.0. The predicted octanol–water partition coefficient (Wildman–Crippen LogP) is 3.89. The van der Waals surface area contributed by atoms with Gasteiger partial charge in [-0.05, 0) is 24.1 Å². The number of carbonyl (C=O) groups excluding carboxylic acids is 2. The molecule has 2 aliphatic heterocycles. The Morgan fingerprint density at radius 1 is 0.909 bits per heavy atom. The summed E-state index contributed by atoms with van der Waals surface area (Å²) in [4.78, 5) is 35.8. The van der Waals surface area contributed by atoms with Crippen molar-refractivity contribution < 1.29 is 9.59 Å². The minimum absolute atomic E-state index is 0.0819. The van der Waals surface area contributed by atoms with E-state index < -0.39 is 0 Å². The molecule has 2 aliphatic rings. The average molecular weight is 461 g/mol. The summed E-state index contributed by atoms with van der Waals surface area (Å²) in [6.45, 7) is 5.41. The Balaban J connectivity index is 1.12. The van der Waals surface area contributed by atoms with Crippen LogP contribution in [0.25, 0.3) is 10.6 Å². The number of nitrogens with zero attached hydrogens (tertiary/aromatic N) is 4. The van der Waals surface area contributed by atoms with Crippen LogP contribution in [-0.4, -0.2) is 64.2 Å². The Labute approximate surface area is 198 Å². The molecule has 0 atom stereocenters. The monoisotopic (exact) mass is 460 g/mol. The van der Waals surface area contributed by atoms with Crippen LogP contribution in [0.1, 0.15) is 34.5 Å². The van der Waals surface area contributed by atoms with Crippen LogP contribution in [0.5, 0.6) is 0 Å². The van der Waals surface area contributed by atoms with E-state index in [1.54, 1.807) is 11.3 Å². The lowest BCUT2D eigenvalue weighted by Crippen LogP contribution is -2.48. The van der Waals surface area contributed by atoms with Crippen molar-refractivity contribution in [3.63, 3.8) is 0 Å². The van der Waals surface area contributed by atoms with E-state index in [0.717, 1.165) is 67.5 Å². The second-order valence-corrected chi connectivity index (χ2v) is 9.55. The van der Waals surface area contributed by atoms with Crippen molar-refractivity contribution in [3.8, 4) is 10.6 Å². The van der Waals surface area contributed by atoms with Crippen LogP contribution in [0.3, 0.4) is 0 Å². The maximum absolute atomic E-state index is 13.0. The third-order valence-electron chi connectivity index (χ3n) is 6.36. The third-order valence-corrected chi connectivity index (χ3v) is 7.30. The van der Waals surface area contributed by atoms with E-state index in [1.807, 2.05) is 52.3 Å². The van der Waals surface area contributed by atoms with Gasteiger partial charge in [0.25, 0.3) is 5.91 Å². The van der Waals surface area contributed by atoms with Crippen LogP contribution in [0.2, 0.25) is 0 Å². The molecule has 0 aliphatic carbocycles. The van der Waals surface area contributed by atoms with Gasteiger partial charge in [0.05, 0.1) is 5.69 Å². The van der Waals surface area contributed by atoms with Crippen LogP contribution in [0, 0.1) is 0 Å².